The highest BCUT2D eigenvalue weighted by atomic mass is 16.1. The van der Waals surface area contributed by atoms with Crippen LogP contribution in [0.5, 0.6) is 0 Å². The number of hydrogen-bond acceptors (Lipinski definition) is 4. The van der Waals surface area contributed by atoms with Crippen molar-refractivity contribution in [3.63, 3.8) is 0 Å². The van der Waals surface area contributed by atoms with Crippen LogP contribution in [0.3, 0.4) is 0 Å². The second-order valence-corrected chi connectivity index (χ2v) is 5.50. The third-order valence-electron chi connectivity index (χ3n) is 3.99. The number of aldehydes is 1. The molecule has 0 bridgehead atoms. The number of aryl methyl sites for hydroxylation is 1. The van der Waals surface area contributed by atoms with Crippen molar-refractivity contribution in [2.75, 3.05) is 5.73 Å². The number of carbonyl (C=O) groups is 1. The quantitative estimate of drug-likeness (QED) is 0.752. The monoisotopic (exact) mass is 306 g/mol. The summed E-state index contributed by atoms with van der Waals surface area (Å²) in [5, 5.41) is 4.35. The highest BCUT2D eigenvalue weighted by Gasteiger charge is 2.16. The molecule has 23 heavy (non-hydrogen) atoms. The van der Waals surface area contributed by atoms with E-state index in [1.807, 2.05) is 49.4 Å². The Morgan fingerprint density at radius 1 is 1.17 bits per heavy atom. The molecule has 0 fully saturated rings. The molecule has 3 aromatic rings. The van der Waals surface area contributed by atoms with Crippen LogP contribution in [0.4, 0.5) is 5.95 Å². The first-order valence-corrected chi connectivity index (χ1v) is 7.41. The molecule has 0 radical (unpaired) electrons. The van der Waals surface area contributed by atoms with Gasteiger partial charge in [-0.15, -0.1) is 0 Å². The minimum Gasteiger partial charge on any atom is -0.368 e. The predicted molar refractivity (Wildman–Crippen MR) is 90.2 cm³/mol. The van der Waals surface area contributed by atoms with Crippen molar-refractivity contribution < 1.29 is 4.79 Å². The Balaban J connectivity index is 2.01. The smallest absolute Gasteiger partial charge is 0.218 e. The lowest BCUT2D eigenvalue weighted by Gasteiger charge is -2.11. The zero-order valence-corrected chi connectivity index (χ0v) is 13.1. The minimum absolute atomic E-state index is 0.0156. The number of nitrogens with two attached hydrogens (primary N) is 1. The molecular formula is C18H18N4O. The molecule has 0 saturated heterocycles. The van der Waals surface area contributed by atoms with Crippen LogP contribution in [-0.2, 0) is 7.05 Å². The van der Waals surface area contributed by atoms with Gasteiger partial charge in [-0.25, -0.2) is 4.68 Å². The molecule has 0 spiro atoms. The summed E-state index contributed by atoms with van der Waals surface area (Å²) in [4.78, 5) is 15.5. The van der Waals surface area contributed by atoms with E-state index in [-0.39, 0.29) is 5.92 Å². The molecule has 2 aromatic carbocycles. The molecule has 1 heterocycles. The van der Waals surface area contributed by atoms with Gasteiger partial charge in [0.2, 0.25) is 5.95 Å². The first-order chi connectivity index (χ1) is 11.1. The number of hydrogen-bond donors (Lipinski definition) is 1. The maximum atomic E-state index is 11.2. The molecule has 1 aromatic heterocycles. The van der Waals surface area contributed by atoms with Gasteiger partial charge in [0.15, 0.2) is 12.1 Å². The lowest BCUT2D eigenvalue weighted by Crippen LogP contribution is -2.00. The van der Waals surface area contributed by atoms with E-state index in [4.69, 9.17) is 5.73 Å². The summed E-state index contributed by atoms with van der Waals surface area (Å²) in [6.07, 6.45) is 0.881. The van der Waals surface area contributed by atoms with E-state index < -0.39 is 0 Å². The normalized spacial score (nSPS) is 12.1. The number of anilines is 1. The van der Waals surface area contributed by atoms with Crippen molar-refractivity contribution >= 4 is 12.2 Å². The largest absolute Gasteiger partial charge is 0.368 e. The topological polar surface area (TPSA) is 73.8 Å². The Morgan fingerprint density at radius 2 is 1.96 bits per heavy atom. The fourth-order valence-corrected chi connectivity index (χ4v) is 2.59. The first kappa shape index (κ1) is 15.0. The van der Waals surface area contributed by atoms with Gasteiger partial charge in [0, 0.05) is 18.5 Å². The number of aromatic nitrogens is 3. The Hall–Kier alpha value is -2.95. The molecule has 3 rings (SSSR count). The van der Waals surface area contributed by atoms with Crippen LogP contribution in [0, 0.1) is 0 Å². The van der Waals surface area contributed by atoms with Gasteiger partial charge in [0.05, 0.1) is 0 Å². The molecule has 1 unspecified atom stereocenters. The maximum Gasteiger partial charge on any atom is 0.218 e. The average molecular weight is 306 g/mol. The third-order valence-corrected chi connectivity index (χ3v) is 3.99. The van der Waals surface area contributed by atoms with Crippen molar-refractivity contribution in [3.8, 4) is 11.1 Å². The summed E-state index contributed by atoms with van der Waals surface area (Å²) in [6.45, 7) is 2.04. The summed E-state index contributed by atoms with van der Waals surface area (Å²) in [7, 11) is 1.77. The van der Waals surface area contributed by atoms with Crippen molar-refractivity contribution in [1.82, 2.24) is 14.8 Å². The van der Waals surface area contributed by atoms with Crippen LogP contribution in [0.2, 0.25) is 0 Å². The summed E-state index contributed by atoms with van der Waals surface area (Å²) >= 11 is 0. The van der Waals surface area contributed by atoms with E-state index in [1.54, 1.807) is 11.7 Å². The molecule has 2 N–H and O–H groups in total. The molecular weight excluding hydrogens is 288 g/mol. The SMILES string of the molecule is CC(c1cccc(-c2ccccc2C=O)c1)c1nc(N)n(C)n1. The van der Waals surface area contributed by atoms with Gasteiger partial charge >= 0.3 is 0 Å². The van der Waals surface area contributed by atoms with Crippen LogP contribution in [0.1, 0.15) is 34.6 Å². The summed E-state index contributed by atoms with van der Waals surface area (Å²) in [6, 6.07) is 15.6. The Morgan fingerprint density at radius 3 is 2.65 bits per heavy atom. The van der Waals surface area contributed by atoms with Crippen LogP contribution in [-0.4, -0.2) is 21.1 Å². The molecule has 0 saturated carbocycles. The van der Waals surface area contributed by atoms with Gasteiger partial charge in [0.1, 0.15) is 0 Å². The minimum atomic E-state index is 0.0156. The number of benzene rings is 2. The van der Waals surface area contributed by atoms with Crippen LogP contribution in [0.15, 0.2) is 48.5 Å². The van der Waals surface area contributed by atoms with Crippen molar-refractivity contribution in [3.05, 3.63) is 65.5 Å². The van der Waals surface area contributed by atoms with E-state index in [1.165, 1.54) is 0 Å². The molecule has 0 amide bonds. The fraction of sp³-hybridized carbons (Fsp3) is 0.167. The molecule has 0 aliphatic rings. The summed E-state index contributed by atoms with van der Waals surface area (Å²) in [5.41, 5.74) is 9.44. The zero-order chi connectivity index (χ0) is 16.4. The van der Waals surface area contributed by atoms with Gasteiger partial charge in [-0.1, -0.05) is 55.5 Å². The van der Waals surface area contributed by atoms with Crippen molar-refractivity contribution in [2.45, 2.75) is 12.8 Å². The van der Waals surface area contributed by atoms with Crippen LogP contribution in [0.25, 0.3) is 11.1 Å². The van der Waals surface area contributed by atoms with Crippen LogP contribution < -0.4 is 5.73 Å². The van der Waals surface area contributed by atoms with Crippen molar-refractivity contribution in [2.24, 2.45) is 7.05 Å². The van der Waals surface area contributed by atoms with Gasteiger partial charge in [-0.05, 0) is 16.7 Å². The third kappa shape index (κ3) is 2.85. The van der Waals surface area contributed by atoms with E-state index in [9.17, 15) is 4.79 Å². The number of carbonyl (C=O) groups excluding carboxylic acids is 1. The van der Waals surface area contributed by atoms with Crippen molar-refractivity contribution in [1.29, 1.82) is 0 Å². The zero-order valence-electron chi connectivity index (χ0n) is 13.1. The van der Waals surface area contributed by atoms with E-state index >= 15 is 0 Å². The highest BCUT2D eigenvalue weighted by molar-refractivity contribution is 5.87. The average Bonchev–Trinajstić information content (AvgIpc) is 2.93. The van der Waals surface area contributed by atoms with Gasteiger partial charge in [-0.3, -0.25) is 4.79 Å². The highest BCUT2D eigenvalue weighted by Crippen LogP contribution is 2.28. The maximum absolute atomic E-state index is 11.2. The first-order valence-electron chi connectivity index (χ1n) is 7.41. The molecule has 0 aliphatic heterocycles. The standard InChI is InChI=1S/C18H18N4O/c1-12(17-20-18(19)22(2)21-17)13-7-5-8-14(10-13)16-9-4-3-6-15(16)11-23/h3-12H,1-2H3,(H2,19,20,21). The lowest BCUT2D eigenvalue weighted by atomic mass is 9.94. The summed E-state index contributed by atoms with van der Waals surface area (Å²) < 4.78 is 1.57. The summed E-state index contributed by atoms with van der Waals surface area (Å²) in [5.74, 6) is 1.10. The predicted octanol–water partition coefficient (Wildman–Crippen LogP) is 3.03. The van der Waals surface area contributed by atoms with Gasteiger partial charge in [0.25, 0.3) is 0 Å². The molecule has 0 aliphatic carbocycles. The molecule has 116 valence electrons. The number of rotatable bonds is 4. The Kier molecular flexibility index (Phi) is 3.93. The second-order valence-electron chi connectivity index (χ2n) is 5.50. The van der Waals surface area contributed by atoms with E-state index in [0.717, 1.165) is 23.0 Å². The Labute approximate surface area is 134 Å². The van der Waals surface area contributed by atoms with E-state index in [2.05, 4.69) is 16.1 Å². The second kappa shape index (κ2) is 6.04. The number of nitrogens with zero attached hydrogens (tertiary/aromatic N) is 3. The fourth-order valence-electron chi connectivity index (χ4n) is 2.59. The molecule has 5 nitrogen and oxygen atoms in total. The molecule has 1 atom stereocenters. The van der Waals surface area contributed by atoms with Crippen LogP contribution >= 0.6 is 0 Å². The molecule has 5 heteroatoms. The Bertz CT molecular complexity index is 834. The van der Waals surface area contributed by atoms with Gasteiger partial charge in [-0.2, -0.15) is 10.1 Å². The number of nitrogen functional groups attached to an aromatic ring is 1. The van der Waals surface area contributed by atoms with E-state index in [0.29, 0.717) is 17.3 Å². The lowest BCUT2D eigenvalue weighted by molar-refractivity contribution is 0.112. The van der Waals surface area contributed by atoms with Gasteiger partial charge < -0.3 is 5.73 Å².